The summed E-state index contributed by atoms with van der Waals surface area (Å²) in [4.78, 5) is 11.5. The molecule has 0 aliphatic heterocycles. The lowest BCUT2D eigenvalue weighted by atomic mass is 10.1. The van der Waals surface area contributed by atoms with E-state index in [2.05, 4.69) is 33.4 Å². The van der Waals surface area contributed by atoms with Crippen molar-refractivity contribution in [2.24, 2.45) is 5.10 Å². The van der Waals surface area contributed by atoms with Crippen LogP contribution < -0.4 is 5.43 Å². The molecule has 0 saturated heterocycles. The summed E-state index contributed by atoms with van der Waals surface area (Å²) in [5.74, 6) is -0.0140. The number of unbranched alkanes of at least 4 members (excludes halogenated alkanes) is 2. The van der Waals surface area contributed by atoms with Crippen LogP contribution in [0.2, 0.25) is 0 Å². The molecule has 0 unspecified atom stereocenters. The molecule has 0 aliphatic rings. The van der Waals surface area contributed by atoms with E-state index in [1.807, 2.05) is 31.2 Å². The third-order valence-electron chi connectivity index (χ3n) is 2.62. The molecule has 0 aromatic heterocycles. The fraction of sp³-hybridized carbons (Fsp3) is 0.429. The first kappa shape index (κ1) is 14.9. The van der Waals surface area contributed by atoms with Crippen LogP contribution in [0.3, 0.4) is 0 Å². The Morgan fingerprint density at radius 3 is 2.56 bits per heavy atom. The van der Waals surface area contributed by atoms with E-state index in [-0.39, 0.29) is 5.91 Å². The molecule has 0 atom stereocenters. The zero-order chi connectivity index (χ0) is 13.4. The maximum Gasteiger partial charge on any atom is 0.240 e. The van der Waals surface area contributed by atoms with Gasteiger partial charge in [-0.3, -0.25) is 4.79 Å². The van der Waals surface area contributed by atoms with Gasteiger partial charge >= 0.3 is 0 Å². The lowest BCUT2D eigenvalue weighted by molar-refractivity contribution is -0.121. The Morgan fingerprint density at radius 1 is 1.28 bits per heavy atom. The van der Waals surface area contributed by atoms with Gasteiger partial charge in [0, 0.05) is 10.9 Å². The molecule has 0 heterocycles. The lowest BCUT2D eigenvalue weighted by Crippen LogP contribution is -2.18. The van der Waals surface area contributed by atoms with Crippen molar-refractivity contribution in [2.75, 3.05) is 0 Å². The monoisotopic (exact) mass is 310 g/mol. The fourth-order valence-electron chi connectivity index (χ4n) is 1.49. The Balaban J connectivity index is 2.46. The number of benzene rings is 1. The number of nitrogens with zero attached hydrogens (tertiary/aromatic N) is 1. The smallest absolute Gasteiger partial charge is 0.240 e. The highest BCUT2D eigenvalue weighted by Crippen LogP contribution is 2.11. The Labute approximate surface area is 117 Å². The first-order chi connectivity index (χ1) is 8.63. The highest BCUT2D eigenvalue weighted by atomic mass is 79.9. The van der Waals surface area contributed by atoms with Crippen molar-refractivity contribution in [3.05, 3.63) is 34.3 Å². The second-order valence-electron chi connectivity index (χ2n) is 4.20. The fourth-order valence-corrected chi connectivity index (χ4v) is 1.76. The number of hydrazone groups is 1. The molecule has 4 heteroatoms. The summed E-state index contributed by atoms with van der Waals surface area (Å²) in [5, 5.41) is 4.10. The van der Waals surface area contributed by atoms with Crippen molar-refractivity contribution in [1.82, 2.24) is 5.43 Å². The molecule has 0 aliphatic carbocycles. The number of hydrogen-bond acceptors (Lipinski definition) is 2. The van der Waals surface area contributed by atoms with Crippen LogP contribution in [0.25, 0.3) is 0 Å². The van der Waals surface area contributed by atoms with Gasteiger partial charge in [-0.2, -0.15) is 5.10 Å². The van der Waals surface area contributed by atoms with Crippen LogP contribution in [0.1, 0.15) is 45.1 Å². The van der Waals surface area contributed by atoms with Crippen LogP contribution in [0, 0.1) is 0 Å². The molecular formula is C14H19BrN2O. The number of carbonyl (C=O) groups is 1. The molecule has 1 amide bonds. The number of carbonyl (C=O) groups excluding carboxylic acids is 1. The first-order valence-electron chi connectivity index (χ1n) is 6.22. The van der Waals surface area contributed by atoms with Gasteiger partial charge in [0.05, 0.1) is 5.71 Å². The normalized spacial score (nSPS) is 11.4. The number of hydrogen-bond donors (Lipinski definition) is 1. The number of halogens is 1. The summed E-state index contributed by atoms with van der Waals surface area (Å²) < 4.78 is 1.03. The van der Waals surface area contributed by atoms with Gasteiger partial charge in [0.2, 0.25) is 5.91 Å². The van der Waals surface area contributed by atoms with Crippen LogP contribution in [0.5, 0.6) is 0 Å². The summed E-state index contributed by atoms with van der Waals surface area (Å²) in [5.41, 5.74) is 4.41. The maximum atomic E-state index is 11.5. The first-order valence-corrected chi connectivity index (χ1v) is 7.02. The van der Waals surface area contributed by atoms with Crippen molar-refractivity contribution in [3.63, 3.8) is 0 Å². The van der Waals surface area contributed by atoms with E-state index in [4.69, 9.17) is 0 Å². The van der Waals surface area contributed by atoms with E-state index in [9.17, 15) is 4.79 Å². The third kappa shape index (κ3) is 5.45. The predicted octanol–water partition coefficient (Wildman–Crippen LogP) is 3.87. The number of rotatable bonds is 6. The van der Waals surface area contributed by atoms with Crippen LogP contribution in [-0.2, 0) is 4.79 Å². The summed E-state index contributed by atoms with van der Waals surface area (Å²) in [7, 11) is 0. The molecule has 0 fully saturated rings. The quantitative estimate of drug-likeness (QED) is 0.484. The Bertz CT molecular complexity index is 412. The lowest BCUT2D eigenvalue weighted by Gasteiger charge is -2.03. The van der Waals surface area contributed by atoms with Gasteiger partial charge in [-0.1, -0.05) is 47.8 Å². The van der Waals surface area contributed by atoms with Crippen LogP contribution >= 0.6 is 15.9 Å². The average Bonchev–Trinajstić information content (AvgIpc) is 2.37. The van der Waals surface area contributed by atoms with Crippen molar-refractivity contribution in [2.45, 2.75) is 39.5 Å². The molecule has 0 spiro atoms. The Kier molecular flexibility index (Phi) is 6.65. The summed E-state index contributed by atoms with van der Waals surface area (Å²) in [6.45, 7) is 4.00. The summed E-state index contributed by atoms with van der Waals surface area (Å²) in [6.07, 6.45) is 3.68. The molecule has 0 radical (unpaired) electrons. The van der Waals surface area contributed by atoms with Gasteiger partial charge in [0.25, 0.3) is 0 Å². The van der Waals surface area contributed by atoms with Gasteiger partial charge in [-0.25, -0.2) is 5.43 Å². The molecular weight excluding hydrogens is 292 g/mol. The average molecular weight is 311 g/mol. The minimum Gasteiger partial charge on any atom is -0.273 e. The van der Waals surface area contributed by atoms with Gasteiger partial charge in [-0.05, 0) is 31.0 Å². The summed E-state index contributed by atoms with van der Waals surface area (Å²) in [6, 6.07) is 7.84. The standard InChI is InChI=1S/C14H19BrN2O/c1-3-4-5-6-14(18)17-16-11(2)12-7-9-13(15)10-8-12/h7-10H,3-6H2,1-2H3,(H,17,18)/b16-11+. The van der Waals surface area contributed by atoms with Gasteiger partial charge in [0.1, 0.15) is 0 Å². The molecule has 1 rings (SSSR count). The van der Waals surface area contributed by atoms with E-state index >= 15 is 0 Å². The van der Waals surface area contributed by atoms with E-state index in [0.717, 1.165) is 35.0 Å². The number of nitrogens with one attached hydrogen (secondary N) is 1. The highest BCUT2D eigenvalue weighted by Gasteiger charge is 2.01. The third-order valence-corrected chi connectivity index (χ3v) is 3.15. The van der Waals surface area contributed by atoms with Crippen LogP contribution in [-0.4, -0.2) is 11.6 Å². The van der Waals surface area contributed by atoms with Gasteiger partial charge < -0.3 is 0 Å². The van der Waals surface area contributed by atoms with E-state index in [1.165, 1.54) is 0 Å². The maximum absolute atomic E-state index is 11.5. The topological polar surface area (TPSA) is 41.5 Å². The van der Waals surface area contributed by atoms with Crippen molar-refractivity contribution in [1.29, 1.82) is 0 Å². The Hall–Kier alpha value is -1.16. The SMILES string of the molecule is CCCCCC(=O)N/N=C(\C)c1ccc(Br)cc1. The second kappa shape index (κ2) is 8.03. The van der Waals surface area contributed by atoms with Gasteiger partial charge in [-0.15, -0.1) is 0 Å². The van der Waals surface area contributed by atoms with Gasteiger partial charge in [0.15, 0.2) is 0 Å². The molecule has 1 aromatic rings. The van der Waals surface area contributed by atoms with Crippen molar-refractivity contribution >= 4 is 27.5 Å². The molecule has 0 saturated carbocycles. The van der Waals surface area contributed by atoms with Crippen molar-refractivity contribution < 1.29 is 4.79 Å². The zero-order valence-electron chi connectivity index (χ0n) is 10.9. The summed E-state index contributed by atoms with van der Waals surface area (Å²) >= 11 is 3.38. The minimum absolute atomic E-state index is 0.0140. The Morgan fingerprint density at radius 2 is 1.94 bits per heavy atom. The molecule has 98 valence electrons. The largest absolute Gasteiger partial charge is 0.273 e. The predicted molar refractivity (Wildman–Crippen MR) is 78.6 cm³/mol. The molecule has 1 N–H and O–H groups in total. The van der Waals surface area contributed by atoms with Crippen molar-refractivity contribution in [3.8, 4) is 0 Å². The molecule has 3 nitrogen and oxygen atoms in total. The minimum atomic E-state index is -0.0140. The molecule has 18 heavy (non-hydrogen) atoms. The highest BCUT2D eigenvalue weighted by molar-refractivity contribution is 9.10. The number of amides is 1. The molecule has 1 aromatic carbocycles. The van der Waals surface area contributed by atoms with Crippen LogP contribution in [0.15, 0.2) is 33.8 Å². The van der Waals surface area contributed by atoms with E-state index in [1.54, 1.807) is 0 Å². The van der Waals surface area contributed by atoms with E-state index < -0.39 is 0 Å². The van der Waals surface area contributed by atoms with E-state index in [0.29, 0.717) is 6.42 Å². The zero-order valence-corrected chi connectivity index (χ0v) is 12.5. The van der Waals surface area contributed by atoms with Crippen LogP contribution in [0.4, 0.5) is 0 Å². The second-order valence-corrected chi connectivity index (χ2v) is 5.11. The molecule has 0 bridgehead atoms.